The molecule has 12 rings (SSSR count). The molecule has 0 unspecified atom stereocenters. The Labute approximate surface area is 316 Å². The molecule has 0 bridgehead atoms. The van der Waals surface area contributed by atoms with E-state index in [1.807, 2.05) is 0 Å². The molecule has 0 fully saturated rings. The van der Waals surface area contributed by atoms with Crippen molar-refractivity contribution < 1.29 is 0 Å². The molecule has 0 saturated carbocycles. The van der Waals surface area contributed by atoms with Gasteiger partial charge in [-0.05, 0) is 77.8 Å². The summed E-state index contributed by atoms with van der Waals surface area (Å²) in [5.74, 6) is 0.657. The molecule has 55 heavy (non-hydrogen) atoms. The zero-order valence-corrected chi connectivity index (χ0v) is 29.7. The molecule has 0 N–H and O–H groups in total. The van der Waals surface area contributed by atoms with Crippen LogP contribution in [0.3, 0.4) is 0 Å². The highest BCUT2D eigenvalue weighted by atomic mass is 15.2. The third-order valence-electron chi connectivity index (χ3n) is 11.6. The van der Waals surface area contributed by atoms with Gasteiger partial charge < -0.3 is 0 Å². The van der Waals surface area contributed by atoms with E-state index in [4.69, 9.17) is 9.97 Å². The van der Waals surface area contributed by atoms with Crippen LogP contribution in [0.2, 0.25) is 0 Å². The third-order valence-corrected chi connectivity index (χ3v) is 11.6. The maximum Gasteiger partial charge on any atom is 0.235 e. The molecule has 2 aromatic heterocycles. The molecule has 0 radical (unpaired) electrons. The molecule has 254 valence electrons. The first-order valence-corrected chi connectivity index (χ1v) is 18.8. The summed E-state index contributed by atoms with van der Waals surface area (Å²) in [5, 5.41) is 15.8. The molecule has 0 spiro atoms. The largest absolute Gasteiger partial charge is 0.278 e. The fraction of sp³-hybridized carbons (Fsp3) is 0. The SMILES string of the molecule is c1ccc(-c2ccc(-c3nc(-n4c5ccc6ccccc6c5c5c6c7ccccc7c7ccccc7c6ccc54)nc4ccc5ccccc5c34)cc2)cc1. The van der Waals surface area contributed by atoms with E-state index in [0.29, 0.717) is 5.95 Å². The maximum atomic E-state index is 5.59. The molecule has 0 aliphatic carbocycles. The first-order valence-electron chi connectivity index (χ1n) is 18.8. The van der Waals surface area contributed by atoms with Crippen molar-refractivity contribution >= 4 is 86.6 Å². The highest BCUT2D eigenvalue weighted by Gasteiger charge is 2.23. The van der Waals surface area contributed by atoms with Gasteiger partial charge in [0, 0.05) is 27.1 Å². The molecular weight excluding hydrogens is 667 g/mol. The Hall–Kier alpha value is -7.36. The first-order chi connectivity index (χ1) is 27.3. The predicted molar refractivity (Wildman–Crippen MR) is 232 cm³/mol. The van der Waals surface area contributed by atoms with Crippen molar-refractivity contribution in [2.75, 3.05) is 0 Å². The van der Waals surface area contributed by atoms with E-state index in [-0.39, 0.29) is 0 Å². The molecule has 3 heteroatoms. The monoisotopic (exact) mass is 697 g/mol. The molecule has 0 aliphatic heterocycles. The highest BCUT2D eigenvalue weighted by molar-refractivity contribution is 6.37. The Morgan fingerprint density at radius 2 is 0.782 bits per heavy atom. The normalized spacial score (nSPS) is 12.0. The van der Waals surface area contributed by atoms with Gasteiger partial charge in [0.1, 0.15) is 0 Å². The minimum atomic E-state index is 0.657. The first kappa shape index (κ1) is 30.1. The Morgan fingerprint density at radius 3 is 1.49 bits per heavy atom. The van der Waals surface area contributed by atoms with Crippen LogP contribution in [0.15, 0.2) is 188 Å². The fourth-order valence-corrected chi connectivity index (χ4v) is 9.13. The number of fused-ring (bicyclic) bond motifs is 15. The average Bonchev–Trinajstić information content (AvgIpc) is 3.61. The second-order valence-corrected chi connectivity index (χ2v) is 14.5. The molecule has 0 saturated heterocycles. The van der Waals surface area contributed by atoms with Gasteiger partial charge in [-0.25, -0.2) is 9.97 Å². The second kappa shape index (κ2) is 11.6. The lowest BCUT2D eigenvalue weighted by atomic mass is 9.91. The summed E-state index contributed by atoms with van der Waals surface area (Å²) < 4.78 is 2.30. The minimum absolute atomic E-state index is 0.657. The van der Waals surface area contributed by atoms with Crippen LogP contribution in [0.4, 0.5) is 0 Å². The van der Waals surface area contributed by atoms with E-state index >= 15 is 0 Å². The van der Waals surface area contributed by atoms with Crippen LogP contribution in [0.1, 0.15) is 0 Å². The standard InChI is InChI=1S/C52H31N3/c1-2-12-32(13-3-1)33-22-24-36(25-23-33)51-48-37-16-6-4-14-34(37)26-29-44(48)53-52(54-51)55-45-30-27-35-15-5-7-17-38(35)49(45)50-46(55)31-28-43-41-20-9-8-18-39(41)40-19-10-11-21-42(40)47(43)50/h1-31H. The number of hydrogen-bond acceptors (Lipinski definition) is 2. The molecular formula is C52H31N3. The number of rotatable bonds is 3. The van der Waals surface area contributed by atoms with Gasteiger partial charge in [0.25, 0.3) is 0 Å². The van der Waals surface area contributed by atoms with E-state index < -0.39 is 0 Å². The Morgan fingerprint density at radius 1 is 0.291 bits per heavy atom. The van der Waals surface area contributed by atoms with E-state index in [9.17, 15) is 0 Å². The summed E-state index contributed by atoms with van der Waals surface area (Å²) >= 11 is 0. The summed E-state index contributed by atoms with van der Waals surface area (Å²) in [5.41, 5.74) is 7.43. The zero-order valence-electron chi connectivity index (χ0n) is 29.7. The smallest absolute Gasteiger partial charge is 0.235 e. The maximum absolute atomic E-state index is 5.59. The summed E-state index contributed by atoms with van der Waals surface area (Å²) in [7, 11) is 0. The molecule has 12 aromatic rings. The molecule has 0 amide bonds. The minimum Gasteiger partial charge on any atom is -0.278 e. The van der Waals surface area contributed by atoms with Crippen LogP contribution in [0, 0.1) is 0 Å². The number of hydrogen-bond donors (Lipinski definition) is 0. The lowest BCUT2D eigenvalue weighted by molar-refractivity contribution is 1.02. The van der Waals surface area contributed by atoms with Gasteiger partial charge in [0.05, 0.1) is 22.2 Å². The lowest BCUT2D eigenvalue weighted by Gasteiger charge is -2.14. The van der Waals surface area contributed by atoms with Crippen LogP contribution in [-0.2, 0) is 0 Å². The summed E-state index contributed by atoms with van der Waals surface area (Å²) in [4.78, 5) is 11.0. The van der Waals surface area contributed by atoms with Gasteiger partial charge >= 0.3 is 0 Å². The molecule has 3 nitrogen and oxygen atoms in total. The molecule has 2 heterocycles. The van der Waals surface area contributed by atoms with Crippen molar-refractivity contribution in [2.45, 2.75) is 0 Å². The number of nitrogens with zero attached hydrogens (tertiary/aromatic N) is 3. The summed E-state index contributed by atoms with van der Waals surface area (Å²) in [6.45, 7) is 0. The second-order valence-electron chi connectivity index (χ2n) is 14.5. The van der Waals surface area contributed by atoms with Gasteiger partial charge in [-0.2, -0.15) is 0 Å². The quantitative estimate of drug-likeness (QED) is 0.172. The Kier molecular flexibility index (Phi) is 6.34. The fourth-order valence-electron chi connectivity index (χ4n) is 9.13. The molecule has 0 aliphatic rings. The summed E-state index contributed by atoms with van der Waals surface area (Å²) in [6, 6.07) is 67.8. The van der Waals surface area contributed by atoms with E-state index in [2.05, 4.69) is 193 Å². The van der Waals surface area contributed by atoms with Crippen LogP contribution < -0.4 is 0 Å². The topological polar surface area (TPSA) is 30.7 Å². The average molecular weight is 698 g/mol. The predicted octanol–water partition coefficient (Wildman–Crippen LogP) is 13.8. The number of benzene rings is 10. The van der Waals surface area contributed by atoms with Crippen molar-refractivity contribution in [3.8, 4) is 28.3 Å². The van der Waals surface area contributed by atoms with Crippen molar-refractivity contribution in [1.82, 2.24) is 14.5 Å². The molecule has 10 aromatic carbocycles. The highest BCUT2D eigenvalue weighted by Crippen LogP contribution is 2.45. The van der Waals surface area contributed by atoms with Crippen molar-refractivity contribution in [2.24, 2.45) is 0 Å². The zero-order chi connectivity index (χ0) is 36.0. The van der Waals surface area contributed by atoms with Crippen molar-refractivity contribution in [3.63, 3.8) is 0 Å². The van der Waals surface area contributed by atoms with Gasteiger partial charge in [0.2, 0.25) is 5.95 Å². The Bertz CT molecular complexity index is 3490. The molecule has 0 atom stereocenters. The van der Waals surface area contributed by atoms with Crippen LogP contribution in [-0.4, -0.2) is 14.5 Å². The van der Waals surface area contributed by atoms with Crippen molar-refractivity contribution in [1.29, 1.82) is 0 Å². The van der Waals surface area contributed by atoms with Crippen molar-refractivity contribution in [3.05, 3.63) is 188 Å². The van der Waals surface area contributed by atoms with Crippen LogP contribution in [0.5, 0.6) is 0 Å². The van der Waals surface area contributed by atoms with Gasteiger partial charge in [-0.3, -0.25) is 4.57 Å². The van der Waals surface area contributed by atoms with Crippen LogP contribution in [0.25, 0.3) is 115 Å². The van der Waals surface area contributed by atoms with Crippen LogP contribution >= 0.6 is 0 Å². The van der Waals surface area contributed by atoms with Gasteiger partial charge in [-0.1, -0.05) is 170 Å². The summed E-state index contributed by atoms with van der Waals surface area (Å²) in [6.07, 6.45) is 0. The van der Waals surface area contributed by atoms with E-state index in [1.54, 1.807) is 0 Å². The van der Waals surface area contributed by atoms with Gasteiger partial charge in [-0.15, -0.1) is 0 Å². The Balaban J connectivity index is 1.24. The van der Waals surface area contributed by atoms with E-state index in [1.165, 1.54) is 70.4 Å². The third kappa shape index (κ3) is 4.38. The lowest BCUT2D eigenvalue weighted by Crippen LogP contribution is -2.04. The van der Waals surface area contributed by atoms with Gasteiger partial charge in [0.15, 0.2) is 0 Å². The van der Waals surface area contributed by atoms with E-state index in [0.717, 1.165) is 38.6 Å². The number of aromatic nitrogens is 3.